The number of benzene rings is 1. The van der Waals surface area contributed by atoms with Crippen LogP contribution in [0.4, 0.5) is 5.13 Å². The van der Waals surface area contributed by atoms with Crippen LogP contribution in [0.15, 0.2) is 41.0 Å². The molecule has 3 aliphatic rings. The lowest BCUT2D eigenvalue weighted by atomic mass is 9.77. The summed E-state index contributed by atoms with van der Waals surface area (Å²) in [7, 11) is 0. The normalized spacial score (nSPS) is 27.3. The maximum absolute atomic E-state index is 13.8. The summed E-state index contributed by atoms with van der Waals surface area (Å²) in [5, 5.41) is 2.49. The van der Waals surface area contributed by atoms with Gasteiger partial charge in [0.25, 0.3) is 5.91 Å². The van der Waals surface area contributed by atoms with Crippen molar-refractivity contribution in [2.24, 2.45) is 5.92 Å². The molecular weight excluding hydrogens is 492 g/mol. The number of hydrogen-bond acceptors (Lipinski definition) is 6. The molecule has 8 heteroatoms. The monoisotopic (exact) mass is 516 g/mol. The zero-order valence-electron chi connectivity index (χ0n) is 18.0. The third kappa shape index (κ3) is 3.67. The van der Waals surface area contributed by atoms with Crippen molar-refractivity contribution < 1.29 is 19.1 Å². The van der Waals surface area contributed by atoms with Crippen molar-refractivity contribution in [3.8, 4) is 5.75 Å². The Kier molecular flexibility index (Phi) is 5.84. The highest BCUT2D eigenvalue weighted by Crippen LogP contribution is 2.49. The number of halogens is 1. The van der Waals surface area contributed by atoms with Gasteiger partial charge in [-0.15, -0.1) is 11.3 Å². The van der Waals surface area contributed by atoms with Gasteiger partial charge in [-0.05, 0) is 50.3 Å². The number of aryl methyl sites for hydroxylation is 1. The lowest BCUT2D eigenvalue weighted by molar-refractivity contribution is -0.131. The maximum Gasteiger partial charge on any atom is 0.296 e. The molecule has 2 aliphatic heterocycles. The predicted molar refractivity (Wildman–Crippen MR) is 126 cm³/mol. The van der Waals surface area contributed by atoms with Crippen LogP contribution in [0.25, 0.3) is 0 Å². The Balaban J connectivity index is 1.61. The number of alkyl halides is 1. The van der Waals surface area contributed by atoms with E-state index in [2.05, 4.69) is 27.8 Å². The molecule has 0 radical (unpaired) electrons. The Morgan fingerprint density at radius 1 is 1.31 bits per heavy atom. The van der Waals surface area contributed by atoms with Crippen LogP contribution in [-0.4, -0.2) is 34.2 Å². The summed E-state index contributed by atoms with van der Waals surface area (Å²) in [6.07, 6.45) is 3.07. The Hall–Kier alpha value is -2.19. The molecule has 2 aromatic rings. The zero-order valence-corrected chi connectivity index (χ0v) is 20.4. The van der Waals surface area contributed by atoms with Gasteiger partial charge < -0.3 is 9.47 Å². The molecule has 0 spiro atoms. The van der Waals surface area contributed by atoms with E-state index in [1.807, 2.05) is 36.6 Å². The predicted octanol–water partition coefficient (Wildman–Crippen LogP) is 5.11. The summed E-state index contributed by atoms with van der Waals surface area (Å²) >= 11 is 5.08. The first-order chi connectivity index (χ1) is 15.5. The van der Waals surface area contributed by atoms with E-state index in [1.54, 1.807) is 4.90 Å². The van der Waals surface area contributed by atoms with Gasteiger partial charge in [-0.3, -0.25) is 14.5 Å². The number of ether oxygens (including phenoxy) is 2. The summed E-state index contributed by atoms with van der Waals surface area (Å²) in [4.78, 5) is 33.8. The number of anilines is 1. The number of Topliss-reactive ketones (excluding diaryl/α,β-unsaturated/α-hetero) is 1. The minimum absolute atomic E-state index is 0.0226. The average molecular weight is 517 g/mol. The fourth-order valence-electron chi connectivity index (χ4n) is 4.77. The first kappa shape index (κ1) is 21.6. The van der Waals surface area contributed by atoms with Crippen LogP contribution in [0.2, 0.25) is 0 Å². The Bertz CT molecular complexity index is 1100. The number of nitrogens with zero attached hydrogens (tertiary/aromatic N) is 2. The van der Waals surface area contributed by atoms with Gasteiger partial charge >= 0.3 is 0 Å². The van der Waals surface area contributed by atoms with Gasteiger partial charge in [0.15, 0.2) is 16.7 Å². The second kappa shape index (κ2) is 8.63. The molecule has 6 nitrogen and oxygen atoms in total. The molecule has 1 amide bonds. The zero-order chi connectivity index (χ0) is 22.4. The first-order valence-corrected chi connectivity index (χ1v) is 12.8. The van der Waals surface area contributed by atoms with Crippen LogP contribution in [-0.2, 0) is 14.3 Å². The van der Waals surface area contributed by atoms with Gasteiger partial charge in [0.2, 0.25) is 0 Å². The molecule has 1 saturated carbocycles. The van der Waals surface area contributed by atoms with Gasteiger partial charge in [0, 0.05) is 10.2 Å². The van der Waals surface area contributed by atoms with Crippen LogP contribution >= 0.6 is 27.3 Å². The van der Waals surface area contributed by atoms with Crippen molar-refractivity contribution >= 4 is 44.1 Å². The number of hydrogen-bond donors (Lipinski definition) is 0. The van der Waals surface area contributed by atoms with Crippen molar-refractivity contribution in [2.75, 3.05) is 11.5 Å². The third-order valence-corrected chi connectivity index (χ3v) is 8.03. The van der Waals surface area contributed by atoms with E-state index in [1.165, 1.54) is 11.3 Å². The Morgan fingerprint density at radius 3 is 2.91 bits per heavy atom. The number of carbonyl (C=O) groups is 2. The Labute approximate surface area is 199 Å². The van der Waals surface area contributed by atoms with Gasteiger partial charge in [0.05, 0.1) is 29.8 Å². The Morgan fingerprint density at radius 2 is 2.16 bits per heavy atom. The van der Waals surface area contributed by atoms with Gasteiger partial charge in [-0.1, -0.05) is 35.0 Å². The quantitative estimate of drug-likeness (QED) is 0.516. The molecule has 1 aromatic carbocycles. The van der Waals surface area contributed by atoms with Crippen LogP contribution in [0.3, 0.4) is 0 Å². The van der Waals surface area contributed by atoms with Crippen molar-refractivity contribution in [2.45, 2.75) is 56.5 Å². The standard InChI is InChI=1S/C24H25BrN2O4S/c1-3-9-30-16-6-4-5-14(10-16)20-19-21(28)17-11-15(25)7-8-18(17)31-22(19)23(29)27(20)24-26-13(2)12-32-24/h4-6,10,12,15,17-18,20H,3,7-9,11H2,1-2H3. The van der Waals surface area contributed by atoms with Crippen LogP contribution in [0.1, 0.15) is 49.9 Å². The van der Waals surface area contributed by atoms with Crippen molar-refractivity contribution in [1.82, 2.24) is 4.98 Å². The van der Waals surface area contributed by atoms with Gasteiger partial charge in [-0.25, -0.2) is 4.98 Å². The van der Waals surface area contributed by atoms with Gasteiger partial charge in [-0.2, -0.15) is 0 Å². The average Bonchev–Trinajstić information content (AvgIpc) is 3.34. The number of ketones is 1. The number of fused-ring (bicyclic) bond motifs is 1. The maximum atomic E-state index is 13.8. The molecule has 3 heterocycles. The lowest BCUT2D eigenvalue weighted by Crippen LogP contribution is -2.41. The number of aromatic nitrogens is 1. The highest BCUT2D eigenvalue weighted by molar-refractivity contribution is 9.09. The minimum atomic E-state index is -0.572. The number of rotatable bonds is 5. The molecule has 4 atom stereocenters. The SMILES string of the molecule is CCCOc1cccc(C2C3=C(OC4CCC(Br)CC4C3=O)C(=O)N2c2nc(C)cs2)c1. The van der Waals surface area contributed by atoms with Crippen LogP contribution < -0.4 is 9.64 Å². The summed E-state index contributed by atoms with van der Waals surface area (Å²) < 4.78 is 12.1. The summed E-state index contributed by atoms with van der Waals surface area (Å²) in [6.45, 7) is 4.56. The highest BCUT2D eigenvalue weighted by Gasteiger charge is 2.53. The fraction of sp³-hybridized carbons (Fsp3) is 0.458. The molecule has 0 bridgehead atoms. The van der Waals surface area contributed by atoms with Crippen molar-refractivity contribution in [3.63, 3.8) is 0 Å². The van der Waals surface area contributed by atoms with E-state index in [0.717, 1.165) is 42.7 Å². The van der Waals surface area contributed by atoms with E-state index in [9.17, 15) is 9.59 Å². The number of carbonyl (C=O) groups excluding carboxylic acids is 2. The topological polar surface area (TPSA) is 68.7 Å². The molecule has 1 aliphatic carbocycles. The minimum Gasteiger partial charge on any atom is -0.494 e. The van der Waals surface area contributed by atoms with Crippen molar-refractivity contribution in [1.29, 1.82) is 0 Å². The first-order valence-electron chi connectivity index (χ1n) is 11.1. The molecule has 1 aromatic heterocycles. The highest BCUT2D eigenvalue weighted by atomic mass is 79.9. The van der Waals surface area contributed by atoms with E-state index in [4.69, 9.17) is 9.47 Å². The summed E-state index contributed by atoms with van der Waals surface area (Å²) in [5.41, 5.74) is 2.12. The number of thiazole rings is 1. The molecule has 4 unspecified atom stereocenters. The van der Waals surface area contributed by atoms with E-state index in [-0.39, 0.29) is 34.3 Å². The molecular formula is C24H25BrN2O4S. The summed E-state index contributed by atoms with van der Waals surface area (Å²) in [5.74, 6) is 0.421. The van der Waals surface area contributed by atoms with Crippen molar-refractivity contribution in [3.05, 3.63) is 52.2 Å². The van der Waals surface area contributed by atoms with E-state index >= 15 is 0 Å². The second-order valence-corrected chi connectivity index (χ2v) is 10.7. The molecule has 5 rings (SSSR count). The second-order valence-electron chi connectivity index (χ2n) is 8.55. The summed E-state index contributed by atoms with van der Waals surface area (Å²) in [6, 6.07) is 7.09. The van der Waals surface area contributed by atoms with Crippen LogP contribution in [0.5, 0.6) is 5.75 Å². The molecule has 0 saturated heterocycles. The molecule has 0 N–H and O–H groups in total. The van der Waals surface area contributed by atoms with E-state index < -0.39 is 6.04 Å². The molecule has 32 heavy (non-hydrogen) atoms. The smallest absolute Gasteiger partial charge is 0.296 e. The van der Waals surface area contributed by atoms with E-state index in [0.29, 0.717) is 17.3 Å². The van der Waals surface area contributed by atoms with Gasteiger partial charge in [0.1, 0.15) is 11.9 Å². The number of amides is 1. The fourth-order valence-corrected chi connectivity index (χ4v) is 6.27. The molecule has 1 fully saturated rings. The lowest BCUT2D eigenvalue weighted by Gasteiger charge is -2.37. The van der Waals surface area contributed by atoms with Crippen LogP contribution in [0, 0.1) is 12.8 Å². The largest absolute Gasteiger partial charge is 0.494 e. The molecule has 168 valence electrons. The third-order valence-electron chi connectivity index (χ3n) is 6.24.